The van der Waals surface area contributed by atoms with Crippen LogP contribution in [0.5, 0.6) is 0 Å². The third-order valence-corrected chi connectivity index (χ3v) is 6.76. The van der Waals surface area contributed by atoms with E-state index in [9.17, 15) is 13.0 Å². The van der Waals surface area contributed by atoms with Gasteiger partial charge < -0.3 is 9.66 Å². The van der Waals surface area contributed by atoms with Crippen LogP contribution in [-0.2, 0) is 10.1 Å². The molecule has 0 bridgehead atoms. The van der Waals surface area contributed by atoms with Gasteiger partial charge in [-0.25, -0.2) is 8.42 Å². The van der Waals surface area contributed by atoms with Crippen LogP contribution in [0, 0.1) is 0 Å². The molecule has 1 N–H and O–H groups in total. The van der Waals surface area contributed by atoms with Crippen LogP contribution in [-0.4, -0.2) is 29.9 Å². The second-order valence-electron chi connectivity index (χ2n) is 8.07. The largest absolute Gasteiger partial charge is 1.00 e. The van der Waals surface area contributed by atoms with Crippen LogP contribution in [0.3, 0.4) is 0 Å². The average molecular weight is 429 g/mol. The van der Waals surface area contributed by atoms with Crippen LogP contribution in [0.2, 0.25) is 0 Å². The Balaban J connectivity index is 0. The Hall–Kier alpha value is 0.870. The van der Waals surface area contributed by atoms with E-state index >= 15 is 0 Å². The maximum absolute atomic E-state index is 11.3. The minimum atomic E-state index is -4.20. The van der Waals surface area contributed by atoms with Crippen molar-refractivity contribution < 1.29 is 47.6 Å². The van der Waals surface area contributed by atoms with E-state index in [2.05, 4.69) is 6.92 Å². The summed E-state index contributed by atoms with van der Waals surface area (Å²) in [6, 6.07) is 0. The number of hydrogen-bond acceptors (Lipinski definition) is 4. The van der Waals surface area contributed by atoms with Gasteiger partial charge in [0.2, 0.25) is 0 Å². The average Bonchev–Trinajstić information content (AvgIpc) is 2.62. The quantitative estimate of drug-likeness (QED) is 0.173. The Labute approximate surface area is 197 Å². The van der Waals surface area contributed by atoms with Crippen LogP contribution < -0.4 is 29.6 Å². The molecule has 0 saturated carbocycles. The molecule has 6 heteroatoms. The van der Waals surface area contributed by atoms with E-state index in [1.165, 1.54) is 77.0 Å². The summed E-state index contributed by atoms with van der Waals surface area (Å²) in [4.78, 5) is 0. The van der Waals surface area contributed by atoms with E-state index in [1.807, 2.05) is 0 Å². The summed E-state index contributed by atoms with van der Waals surface area (Å²) in [5.41, 5.74) is 0. The smallest absolute Gasteiger partial charge is 0.748 e. The number of aliphatic hydroxyl groups excluding tert-OH is 1. The Kier molecular flexibility index (Phi) is 25.0. The monoisotopic (exact) mass is 428 g/mol. The molecular formula is C22H45NaO4S. The Morgan fingerprint density at radius 3 is 1.29 bits per heavy atom. The van der Waals surface area contributed by atoms with Crippen molar-refractivity contribution in [2.45, 2.75) is 134 Å². The fourth-order valence-electron chi connectivity index (χ4n) is 3.66. The topological polar surface area (TPSA) is 77.4 Å². The molecule has 1 unspecified atom stereocenters. The van der Waals surface area contributed by atoms with Crippen LogP contribution in [0.4, 0.5) is 0 Å². The zero-order valence-electron chi connectivity index (χ0n) is 18.8. The number of unbranched alkanes of at least 4 members (excludes halogenated alkanes) is 15. The summed E-state index contributed by atoms with van der Waals surface area (Å²) in [5, 5.41) is 8.01. The summed E-state index contributed by atoms with van der Waals surface area (Å²) in [5.74, 6) is 0. The molecule has 0 fully saturated rings. The Morgan fingerprint density at radius 2 is 0.964 bits per heavy atom. The van der Waals surface area contributed by atoms with Crippen LogP contribution in [0.15, 0.2) is 0 Å². The molecule has 0 spiro atoms. The Bertz CT molecular complexity index is 401. The van der Waals surface area contributed by atoms with Crippen molar-refractivity contribution >= 4 is 10.1 Å². The first-order valence-electron chi connectivity index (χ1n) is 11.6. The van der Waals surface area contributed by atoms with Gasteiger partial charge in [-0.2, -0.15) is 0 Å². The number of hydrogen-bond donors (Lipinski definition) is 1. The first-order valence-corrected chi connectivity index (χ1v) is 13.0. The minimum Gasteiger partial charge on any atom is -0.748 e. The van der Waals surface area contributed by atoms with E-state index in [-0.39, 0.29) is 36.2 Å². The van der Waals surface area contributed by atoms with Gasteiger partial charge in [0.1, 0.15) is 0 Å². The van der Waals surface area contributed by atoms with Gasteiger partial charge in [0.15, 0.2) is 0 Å². The van der Waals surface area contributed by atoms with Crippen LogP contribution >= 0.6 is 0 Å². The Morgan fingerprint density at radius 1 is 0.643 bits per heavy atom. The van der Waals surface area contributed by atoms with Gasteiger partial charge in [-0.15, -0.1) is 0 Å². The third-order valence-electron chi connectivity index (χ3n) is 5.47. The fraction of sp³-hybridized carbons (Fsp3) is 1.00. The normalized spacial score (nSPS) is 12.7. The van der Waals surface area contributed by atoms with Gasteiger partial charge in [0.05, 0.1) is 10.1 Å². The molecule has 0 aliphatic rings. The first-order chi connectivity index (χ1) is 13.0. The van der Waals surface area contributed by atoms with Crippen molar-refractivity contribution in [1.82, 2.24) is 0 Å². The molecule has 0 amide bonds. The van der Waals surface area contributed by atoms with Gasteiger partial charge in [0, 0.05) is 11.9 Å². The summed E-state index contributed by atoms with van der Waals surface area (Å²) < 4.78 is 33.9. The van der Waals surface area contributed by atoms with Crippen molar-refractivity contribution in [2.24, 2.45) is 0 Å². The van der Waals surface area contributed by atoms with Gasteiger partial charge in [-0.1, -0.05) is 103 Å². The first kappa shape index (κ1) is 31.1. The molecular weight excluding hydrogens is 383 g/mol. The predicted octanol–water partition coefficient (Wildman–Crippen LogP) is 3.33. The molecule has 0 heterocycles. The zero-order chi connectivity index (χ0) is 20.2. The maximum atomic E-state index is 11.3. The molecule has 4 nitrogen and oxygen atoms in total. The molecule has 164 valence electrons. The van der Waals surface area contributed by atoms with Crippen molar-refractivity contribution in [3.05, 3.63) is 0 Å². The van der Waals surface area contributed by atoms with Gasteiger partial charge in [0.25, 0.3) is 0 Å². The molecule has 0 aromatic carbocycles. The molecule has 1 atom stereocenters. The van der Waals surface area contributed by atoms with E-state index in [0.717, 1.165) is 19.3 Å². The number of rotatable bonds is 21. The molecule has 0 aliphatic carbocycles. The van der Waals surface area contributed by atoms with Crippen molar-refractivity contribution in [3.63, 3.8) is 0 Å². The second kappa shape index (κ2) is 22.6. The van der Waals surface area contributed by atoms with E-state index in [4.69, 9.17) is 5.11 Å². The molecule has 0 aromatic heterocycles. The summed E-state index contributed by atoms with van der Waals surface area (Å²) >= 11 is 0. The van der Waals surface area contributed by atoms with Gasteiger partial charge in [-0.05, 0) is 25.7 Å². The zero-order valence-corrected chi connectivity index (χ0v) is 21.6. The van der Waals surface area contributed by atoms with Crippen molar-refractivity contribution in [2.75, 3.05) is 6.61 Å². The van der Waals surface area contributed by atoms with Gasteiger partial charge >= 0.3 is 29.6 Å². The second-order valence-corrected chi connectivity index (χ2v) is 9.72. The fourth-order valence-corrected chi connectivity index (χ4v) is 4.57. The summed E-state index contributed by atoms with van der Waals surface area (Å²) in [6.07, 6.45) is 21.3. The molecule has 0 aliphatic heterocycles. The molecule has 0 radical (unpaired) electrons. The minimum absolute atomic E-state index is 0. The van der Waals surface area contributed by atoms with Crippen LogP contribution in [0.1, 0.15) is 129 Å². The summed E-state index contributed by atoms with van der Waals surface area (Å²) in [7, 11) is -4.20. The van der Waals surface area contributed by atoms with Crippen molar-refractivity contribution in [1.29, 1.82) is 0 Å². The van der Waals surface area contributed by atoms with E-state index in [0.29, 0.717) is 25.7 Å². The molecule has 0 aromatic rings. The van der Waals surface area contributed by atoms with E-state index < -0.39 is 15.4 Å². The summed E-state index contributed by atoms with van der Waals surface area (Å²) in [6.45, 7) is 2.32. The SMILES string of the molecule is CCCCCCCCCCCCCCCCCC(CCCCO)S(=O)(=O)[O-].[Na+]. The maximum Gasteiger partial charge on any atom is 1.00 e. The molecule has 28 heavy (non-hydrogen) atoms. The molecule has 0 rings (SSSR count). The standard InChI is InChI=1S/C22H46O4S.Na/c1-2-3-4-5-6-7-8-9-10-11-12-13-14-15-16-19-22(27(24,25)26)20-17-18-21-23;/h22-23H,2-21H2,1H3,(H,24,25,26);/q;+1/p-1. The number of aliphatic hydroxyl groups is 1. The van der Waals surface area contributed by atoms with Crippen molar-refractivity contribution in [3.8, 4) is 0 Å². The van der Waals surface area contributed by atoms with E-state index in [1.54, 1.807) is 0 Å². The van der Waals surface area contributed by atoms with Crippen LogP contribution in [0.25, 0.3) is 0 Å². The predicted molar refractivity (Wildman–Crippen MR) is 114 cm³/mol. The molecule has 0 saturated heterocycles. The van der Waals surface area contributed by atoms with Gasteiger partial charge in [-0.3, -0.25) is 0 Å². The third kappa shape index (κ3) is 21.6.